The number of aromatic nitrogens is 2. The van der Waals surface area contributed by atoms with Gasteiger partial charge in [0, 0.05) is 29.0 Å². The zero-order valence-corrected chi connectivity index (χ0v) is 13.4. The Morgan fingerprint density at radius 3 is 3.11 bits per heavy atom. The lowest BCUT2D eigenvalue weighted by molar-refractivity contribution is 0.199. The number of halogens is 1. The molecule has 6 heteroatoms. The summed E-state index contributed by atoms with van der Waals surface area (Å²) in [5, 5.41) is 4.21. The highest BCUT2D eigenvalue weighted by Crippen LogP contribution is 2.27. The third-order valence-electron chi connectivity index (χ3n) is 3.68. The molecule has 19 heavy (non-hydrogen) atoms. The quantitative estimate of drug-likeness (QED) is 0.791. The molecule has 0 radical (unpaired) electrons. The van der Waals surface area contributed by atoms with E-state index in [2.05, 4.69) is 28.7 Å². The van der Waals surface area contributed by atoms with Crippen molar-refractivity contribution in [3.05, 3.63) is 22.4 Å². The van der Waals surface area contributed by atoms with Gasteiger partial charge >= 0.3 is 0 Å². The molecule has 1 aliphatic heterocycles. The Morgan fingerprint density at radius 2 is 2.26 bits per heavy atom. The van der Waals surface area contributed by atoms with Crippen LogP contribution in [0, 0.1) is 0 Å². The molecule has 1 aliphatic rings. The molecule has 0 aromatic carbocycles. The Balaban J connectivity index is 1.84. The molecule has 2 aromatic rings. The first-order valence-corrected chi connectivity index (χ1v) is 8.71. The van der Waals surface area contributed by atoms with E-state index in [1.165, 1.54) is 5.75 Å². The van der Waals surface area contributed by atoms with Crippen molar-refractivity contribution in [1.82, 2.24) is 14.9 Å². The Morgan fingerprint density at radius 1 is 1.42 bits per heavy atom. The molecule has 0 N–H and O–H groups in total. The van der Waals surface area contributed by atoms with Gasteiger partial charge < -0.3 is 0 Å². The molecule has 3 nitrogen and oxygen atoms in total. The zero-order valence-electron chi connectivity index (χ0n) is 11.0. The molecule has 2 unspecified atom stereocenters. The largest absolute Gasteiger partial charge is 0.291 e. The van der Waals surface area contributed by atoms with Crippen molar-refractivity contribution in [3.8, 4) is 0 Å². The van der Waals surface area contributed by atoms with Crippen molar-refractivity contribution in [2.45, 2.75) is 31.7 Å². The summed E-state index contributed by atoms with van der Waals surface area (Å²) >= 11 is 9.88. The molecule has 0 amide bonds. The summed E-state index contributed by atoms with van der Waals surface area (Å²) < 4.78 is 0. The van der Waals surface area contributed by atoms with Gasteiger partial charge in [-0.3, -0.25) is 4.90 Å². The van der Waals surface area contributed by atoms with Gasteiger partial charge in [0.1, 0.15) is 15.8 Å². The second-order valence-corrected chi connectivity index (χ2v) is 7.59. The van der Waals surface area contributed by atoms with Crippen molar-refractivity contribution in [1.29, 1.82) is 0 Å². The lowest BCUT2D eigenvalue weighted by Crippen LogP contribution is -2.44. The maximum absolute atomic E-state index is 6.22. The third-order valence-corrected chi connectivity index (χ3v) is 6.12. The lowest BCUT2D eigenvalue weighted by Gasteiger charge is -2.36. The van der Waals surface area contributed by atoms with Gasteiger partial charge in [-0.2, -0.15) is 11.8 Å². The highest BCUT2D eigenvalue weighted by Gasteiger charge is 2.25. The van der Waals surface area contributed by atoms with Crippen LogP contribution in [0.25, 0.3) is 10.2 Å². The summed E-state index contributed by atoms with van der Waals surface area (Å²) in [6, 6.07) is 2.54. The second kappa shape index (κ2) is 5.56. The average Bonchev–Trinajstić information content (AvgIpc) is 2.84. The molecule has 0 aliphatic carbocycles. The van der Waals surface area contributed by atoms with Crippen LogP contribution in [0.2, 0.25) is 5.15 Å². The van der Waals surface area contributed by atoms with Crippen molar-refractivity contribution >= 4 is 44.9 Å². The SMILES string of the molecule is CC1SCCN(Cc2nc(Cl)c3ccsc3n2)C1C. The Bertz CT molecular complexity index is 586. The van der Waals surface area contributed by atoms with Crippen LogP contribution in [0.4, 0.5) is 0 Å². The minimum Gasteiger partial charge on any atom is -0.291 e. The number of fused-ring (bicyclic) bond motifs is 1. The predicted octanol–water partition coefficient (Wildman–Crippen LogP) is 3.67. The van der Waals surface area contributed by atoms with Gasteiger partial charge in [0.25, 0.3) is 0 Å². The second-order valence-electron chi connectivity index (χ2n) is 4.86. The van der Waals surface area contributed by atoms with Crippen LogP contribution in [-0.2, 0) is 6.54 Å². The maximum atomic E-state index is 6.22. The molecule has 0 bridgehead atoms. The zero-order chi connectivity index (χ0) is 13.4. The number of hydrogen-bond donors (Lipinski definition) is 0. The molecule has 3 rings (SSSR count). The molecule has 102 valence electrons. The van der Waals surface area contributed by atoms with Gasteiger partial charge in [0.2, 0.25) is 0 Å². The van der Waals surface area contributed by atoms with Crippen molar-refractivity contribution < 1.29 is 0 Å². The van der Waals surface area contributed by atoms with Crippen LogP contribution in [-0.4, -0.2) is 38.5 Å². The highest BCUT2D eigenvalue weighted by atomic mass is 35.5. The summed E-state index contributed by atoms with van der Waals surface area (Å²) in [7, 11) is 0. The molecule has 3 heterocycles. The molecule has 1 saturated heterocycles. The van der Waals surface area contributed by atoms with E-state index in [-0.39, 0.29) is 0 Å². The van der Waals surface area contributed by atoms with Gasteiger partial charge in [-0.05, 0) is 18.4 Å². The number of rotatable bonds is 2. The minimum absolute atomic E-state index is 0.556. The van der Waals surface area contributed by atoms with Crippen LogP contribution in [0.5, 0.6) is 0 Å². The van der Waals surface area contributed by atoms with E-state index in [0.29, 0.717) is 16.4 Å². The summed E-state index contributed by atoms with van der Waals surface area (Å²) in [5.74, 6) is 2.02. The number of nitrogens with zero attached hydrogens (tertiary/aromatic N) is 3. The van der Waals surface area contributed by atoms with Gasteiger partial charge in [-0.25, -0.2) is 9.97 Å². The van der Waals surface area contributed by atoms with Gasteiger partial charge in [0.15, 0.2) is 0 Å². The number of thiophene rings is 1. The van der Waals surface area contributed by atoms with Gasteiger partial charge in [0.05, 0.1) is 6.54 Å². The average molecular weight is 314 g/mol. The van der Waals surface area contributed by atoms with Crippen LogP contribution < -0.4 is 0 Å². The predicted molar refractivity (Wildman–Crippen MR) is 84.2 cm³/mol. The van der Waals surface area contributed by atoms with Gasteiger partial charge in [-0.15, -0.1) is 11.3 Å². The van der Waals surface area contributed by atoms with Crippen molar-refractivity contribution in [3.63, 3.8) is 0 Å². The van der Waals surface area contributed by atoms with Crippen LogP contribution in [0.15, 0.2) is 11.4 Å². The smallest absolute Gasteiger partial charge is 0.145 e. The van der Waals surface area contributed by atoms with Crippen LogP contribution in [0.3, 0.4) is 0 Å². The van der Waals surface area contributed by atoms with Crippen molar-refractivity contribution in [2.24, 2.45) is 0 Å². The fourth-order valence-corrected chi connectivity index (χ4v) is 4.58. The van der Waals surface area contributed by atoms with Gasteiger partial charge in [-0.1, -0.05) is 18.5 Å². The standard InChI is InChI=1S/C13H16ClN3S2/c1-8-9(2)18-6-4-17(8)7-11-15-12(14)10-3-5-19-13(10)16-11/h3,5,8-9H,4,6-7H2,1-2H3. The summed E-state index contributed by atoms with van der Waals surface area (Å²) in [6.45, 7) is 6.46. The van der Waals surface area contributed by atoms with E-state index < -0.39 is 0 Å². The first-order valence-electron chi connectivity index (χ1n) is 6.40. The van der Waals surface area contributed by atoms with E-state index in [0.717, 1.165) is 29.1 Å². The molecule has 2 atom stereocenters. The molecular formula is C13H16ClN3S2. The number of thioether (sulfide) groups is 1. The highest BCUT2D eigenvalue weighted by molar-refractivity contribution is 8.00. The Hall–Kier alpha value is -0.360. The molecule has 2 aromatic heterocycles. The molecule has 1 fully saturated rings. The summed E-state index contributed by atoms with van der Waals surface area (Å²) in [4.78, 5) is 12.5. The summed E-state index contributed by atoms with van der Waals surface area (Å²) in [6.07, 6.45) is 0. The van der Waals surface area contributed by atoms with E-state index in [9.17, 15) is 0 Å². The molecule has 0 spiro atoms. The fourth-order valence-electron chi connectivity index (χ4n) is 2.33. The normalized spacial score (nSPS) is 25.0. The van der Waals surface area contributed by atoms with Crippen LogP contribution >= 0.6 is 34.7 Å². The van der Waals surface area contributed by atoms with E-state index in [1.54, 1.807) is 11.3 Å². The molecular weight excluding hydrogens is 298 g/mol. The van der Waals surface area contributed by atoms with Crippen molar-refractivity contribution in [2.75, 3.05) is 12.3 Å². The Kier molecular flexibility index (Phi) is 3.98. The van der Waals surface area contributed by atoms with E-state index in [1.807, 2.05) is 23.2 Å². The third kappa shape index (κ3) is 2.75. The molecule has 0 saturated carbocycles. The maximum Gasteiger partial charge on any atom is 0.145 e. The topological polar surface area (TPSA) is 29.0 Å². The van der Waals surface area contributed by atoms with Crippen LogP contribution in [0.1, 0.15) is 19.7 Å². The minimum atomic E-state index is 0.556. The Labute approximate surface area is 126 Å². The number of hydrogen-bond acceptors (Lipinski definition) is 5. The van der Waals surface area contributed by atoms with E-state index in [4.69, 9.17) is 11.6 Å². The monoisotopic (exact) mass is 313 g/mol. The van der Waals surface area contributed by atoms with E-state index >= 15 is 0 Å². The lowest BCUT2D eigenvalue weighted by atomic mass is 10.2. The fraction of sp³-hybridized carbons (Fsp3) is 0.538. The first-order chi connectivity index (χ1) is 9.15. The summed E-state index contributed by atoms with van der Waals surface area (Å²) in [5.41, 5.74) is 0. The first kappa shape index (κ1) is 13.6.